The van der Waals surface area contributed by atoms with Crippen LogP contribution in [-0.4, -0.2) is 35.9 Å². The SMILES string of the molecule is CCNC(=O)CN(C)Cc1ccc(Cl)c([N+](=O)[O-])c1. The number of carbonyl (C=O) groups excluding carboxylic acids is 1. The van der Waals surface area contributed by atoms with Gasteiger partial charge in [0.15, 0.2) is 0 Å². The number of nitro benzene ring substituents is 1. The number of hydrogen-bond donors (Lipinski definition) is 1. The van der Waals surface area contributed by atoms with Crippen molar-refractivity contribution in [1.29, 1.82) is 0 Å². The molecule has 6 nitrogen and oxygen atoms in total. The smallest absolute Gasteiger partial charge is 0.288 e. The fraction of sp³-hybridized carbons (Fsp3) is 0.417. The molecule has 0 saturated carbocycles. The average Bonchev–Trinajstić information content (AvgIpc) is 2.31. The van der Waals surface area contributed by atoms with E-state index in [2.05, 4.69) is 5.32 Å². The second-order valence-electron chi connectivity index (χ2n) is 4.17. The van der Waals surface area contributed by atoms with E-state index in [-0.39, 0.29) is 23.2 Å². The predicted octanol–water partition coefficient (Wildman–Crippen LogP) is 1.82. The molecule has 0 atom stereocenters. The van der Waals surface area contributed by atoms with E-state index in [0.29, 0.717) is 13.1 Å². The van der Waals surface area contributed by atoms with Gasteiger partial charge in [-0.3, -0.25) is 19.8 Å². The van der Waals surface area contributed by atoms with Gasteiger partial charge < -0.3 is 5.32 Å². The molecule has 7 heteroatoms. The summed E-state index contributed by atoms with van der Waals surface area (Å²) in [7, 11) is 1.77. The molecule has 104 valence electrons. The first-order valence-corrected chi connectivity index (χ1v) is 6.20. The quantitative estimate of drug-likeness (QED) is 0.639. The molecule has 1 aromatic carbocycles. The molecular weight excluding hydrogens is 270 g/mol. The molecule has 1 amide bonds. The second kappa shape index (κ2) is 7.06. The molecule has 1 rings (SSSR count). The zero-order valence-electron chi connectivity index (χ0n) is 10.9. The number of rotatable bonds is 6. The van der Waals surface area contributed by atoms with Crippen molar-refractivity contribution < 1.29 is 9.72 Å². The van der Waals surface area contributed by atoms with Crippen LogP contribution in [0.2, 0.25) is 5.02 Å². The number of nitro groups is 1. The van der Waals surface area contributed by atoms with Crippen LogP contribution in [0.15, 0.2) is 18.2 Å². The average molecular weight is 286 g/mol. The first kappa shape index (κ1) is 15.4. The Morgan fingerprint density at radius 1 is 1.53 bits per heavy atom. The summed E-state index contributed by atoms with van der Waals surface area (Å²) in [6, 6.07) is 4.63. The van der Waals surface area contributed by atoms with Crippen LogP contribution in [0.3, 0.4) is 0 Å². The van der Waals surface area contributed by atoms with Crippen molar-refractivity contribution in [1.82, 2.24) is 10.2 Å². The van der Waals surface area contributed by atoms with E-state index >= 15 is 0 Å². The van der Waals surface area contributed by atoms with E-state index in [4.69, 9.17) is 11.6 Å². The van der Waals surface area contributed by atoms with E-state index in [1.54, 1.807) is 18.0 Å². The normalized spacial score (nSPS) is 10.5. The Morgan fingerprint density at radius 2 is 2.21 bits per heavy atom. The monoisotopic (exact) mass is 285 g/mol. The summed E-state index contributed by atoms with van der Waals surface area (Å²) in [5.41, 5.74) is 0.619. The maximum Gasteiger partial charge on any atom is 0.288 e. The lowest BCUT2D eigenvalue weighted by atomic mass is 10.2. The molecular formula is C12H16ClN3O3. The Hall–Kier alpha value is -1.66. The fourth-order valence-electron chi connectivity index (χ4n) is 1.66. The van der Waals surface area contributed by atoms with Crippen LogP contribution in [-0.2, 0) is 11.3 Å². The summed E-state index contributed by atoms with van der Waals surface area (Å²) in [4.78, 5) is 23.4. The van der Waals surface area contributed by atoms with Crippen molar-refractivity contribution in [3.05, 3.63) is 38.9 Å². The van der Waals surface area contributed by atoms with E-state index in [1.807, 2.05) is 6.92 Å². The van der Waals surface area contributed by atoms with Crippen molar-refractivity contribution in [2.45, 2.75) is 13.5 Å². The summed E-state index contributed by atoms with van der Waals surface area (Å²) in [6.45, 7) is 3.11. The molecule has 0 bridgehead atoms. The number of likely N-dealkylation sites (N-methyl/N-ethyl adjacent to an activating group) is 2. The predicted molar refractivity (Wildman–Crippen MR) is 73.1 cm³/mol. The Balaban J connectivity index is 2.69. The van der Waals surface area contributed by atoms with Gasteiger partial charge in [0.25, 0.3) is 5.69 Å². The number of benzene rings is 1. The summed E-state index contributed by atoms with van der Waals surface area (Å²) in [5, 5.41) is 13.6. The highest BCUT2D eigenvalue weighted by atomic mass is 35.5. The molecule has 0 spiro atoms. The third kappa shape index (κ3) is 4.84. The lowest BCUT2D eigenvalue weighted by Gasteiger charge is -2.16. The number of nitrogens with one attached hydrogen (secondary N) is 1. The van der Waals surface area contributed by atoms with Gasteiger partial charge in [0.1, 0.15) is 5.02 Å². The molecule has 0 heterocycles. The minimum Gasteiger partial charge on any atom is -0.355 e. The molecule has 1 N–H and O–H groups in total. The van der Waals surface area contributed by atoms with Crippen LogP contribution in [0.4, 0.5) is 5.69 Å². The largest absolute Gasteiger partial charge is 0.355 e. The molecule has 1 aromatic rings. The standard InChI is InChI=1S/C12H16ClN3O3/c1-3-14-12(17)8-15(2)7-9-4-5-10(13)11(6-9)16(18)19/h4-6H,3,7-8H2,1-2H3,(H,14,17). The fourth-order valence-corrected chi connectivity index (χ4v) is 1.85. The van der Waals surface area contributed by atoms with Crippen molar-refractivity contribution in [3.8, 4) is 0 Å². The lowest BCUT2D eigenvalue weighted by molar-refractivity contribution is -0.384. The summed E-state index contributed by atoms with van der Waals surface area (Å²) < 4.78 is 0. The van der Waals surface area contributed by atoms with Gasteiger partial charge in [0.2, 0.25) is 5.91 Å². The third-order valence-corrected chi connectivity index (χ3v) is 2.77. The number of halogens is 1. The lowest BCUT2D eigenvalue weighted by Crippen LogP contribution is -2.34. The number of nitrogens with zero attached hydrogens (tertiary/aromatic N) is 2. The molecule has 0 aliphatic carbocycles. The Morgan fingerprint density at radius 3 is 2.79 bits per heavy atom. The highest BCUT2D eigenvalue weighted by Gasteiger charge is 2.14. The van der Waals surface area contributed by atoms with Crippen molar-refractivity contribution in [3.63, 3.8) is 0 Å². The molecule has 19 heavy (non-hydrogen) atoms. The van der Waals surface area contributed by atoms with Gasteiger partial charge in [-0.05, 0) is 25.6 Å². The Bertz CT molecular complexity index is 479. The van der Waals surface area contributed by atoms with E-state index in [1.165, 1.54) is 12.1 Å². The first-order valence-electron chi connectivity index (χ1n) is 5.82. The summed E-state index contributed by atoms with van der Waals surface area (Å²) in [6.07, 6.45) is 0. The maximum atomic E-state index is 11.4. The first-order chi connectivity index (χ1) is 8.93. The van der Waals surface area contributed by atoms with Crippen LogP contribution < -0.4 is 5.32 Å². The van der Waals surface area contributed by atoms with Gasteiger partial charge in [-0.1, -0.05) is 17.7 Å². The third-order valence-electron chi connectivity index (χ3n) is 2.45. The van der Waals surface area contributed by atoms with Crippen molar-refractivity contribution in [2.24, 2.45) is 0 Å². The molecule has 0 aromatic heterocycles. The number of carbonyl (C=O) groups is 1. The second-order valence-corrected chi connectivity index (χ2v) is 4.58. The minimum absolute atomic E-state index is 0.0755. The van der Waals surface area contributed by atoms with Gasteiger partial charge in [0, 0.05) is 19.2 Å². The van der Waals surface area contributed by atoms with Crippen molar-refractivity contribution in [2.75, 3.05) is 20.1 Å². The van der Waals surface area contributed by atoms with Gasteiger partial charge in [-0.25, -0.2) is 0 Å². The van der Waals surface area contributed by atoms with Crippen LogP contribution in [0.5, 0.6) is 0 Å². The van der Waals surface area contributed by atoms with Crippen molar-refractivity contribution >= 4 is 23.2 Å². The molecule has 0 saturated heterocycles. The topological polar surface area (TPSA) is 75.5 Å². The van der Waals surface area contributed by atoms with Gasteiger partial charge in [0.05, 0.1) is 11.5 Å². The van der Waals surface area contributed by atoms with Crippen LogP contribution in [0.1, 0.15) is 12.5 Å². The maximum absolute atomic E-state index is 11.4. The number of hydrogen-bond acceptors (Lipinski definition) is 4. The van der Waals surface area contributed by atoms with E-state index in [9.17, 15) is 14.9 Å². The number of amides is 1. The summed E-state index contributed by atoms with van der Waals surface area (Å²) >= 11 is 5.73. The minimum atomic E-state index is -0.518. The zero-order chi connectivity index (χ0) is 14.4. The van der Waals surface area contributed by atoms with Crippen LogP contribution in [0.25, 0.3) is 0 Å². The molecule has 0 radical (unpaired) electrons. The molecule has 0 aliphatic heterocycles. The van der Waals surface area contributed by atoms with Gasteiger partial charge >= 0.3 is 0 Å². The highest BCUT2D eigenvalue weighted by molar-refractivity contribution is 6.32. The summed E-state index contributed by atoms with van der Waals surface area (Å²) in [5.74, 6) is -0.0755. The Kier molecular flexibility index (Phi) is 5.72. The van der Waals surface area contributed by atoms with E-state index < -0.39 is 4.92 Å². The molecule has 0 fully saturated rings. The highest BCUT2D eigenvalue weighted by Crippen LogP contribution is 2.25. The van der Waals surface area contributed by atoms with Gasteiger partial charge in [-0.2, -0.15) is 0 Å². The van der Waals surface area contributed by atoms with Gasteiger partial charge in [-0.15, -0.1) is 0 Å². The zero-order valence-corrected chi connectivity index (χ0v) is 11.6. The van der Waals surface area contributed by atoms with Crippen LogP contribution in [0, 0.1) is 10.1 Å². The van der Waals surface area contributed by atoms with Crippen LogP contribution >= 0.6 is 11.6 Å². The Labute approximate surface area is 116 Å². The molecule has 0 unspecified atom stereocenters. The van der Waals surface area contributed by atoms with E-state index in [0.717, 1.165) is 5.56 Å². The molecule has 0 aliphatic rings.